The Balaban J connectivity index is 2.44. The Morgan fingerprint density at radius 2 is 1.86 bits per heavy atom. The SMILES string of the molecule is CC[C@@H](O)c1ccccc1Oc1cccc(C)c1[N+](=O)[O-]. The first-order valence-corrected chi connectivity index (χ1v) is 6.73. The van der Waals surface area contributed by atoms with Crippen LogP contribution in [0.4, 0.5) is 5.69 Å². The zero-order chi connectivity index (χ0) is 15.4. The van der Waals surface area contributed by atoms with Gasteiger partial charge < -0.3 is 9.84 Å². The highest BCUT2D eigenvalue weighted by atomic mass is 16.6. The average Bonchev–Trinajstić information content (AvgIpc) is 2.46. The minimum Gasteiger partial charge on any atom is -0.450 e. The zero-order valence-electron chi connectivity index (χ0n) is 11.9. The van der Waals surface area contributed by atoms with Crippen LogP contribution in [0, 0.1) is 17.0 Å². The Kier molecular flexibility index (Phi) is 4.55. The summed E-state index contributed by atoms with van der Waals surface area (Å²) in [7, 11) is 0. The number of aliphatic hydroxyl groups is 1. The van der Waals surface area contributed by atoms with Gasteiger partial charge >= 0.3 is 5.69 Å². The van der Waals surface area contributed by atoms with E-state index in [0.717, 1.165) is 0 Å². The number of nitrogens with zero attached hydrogens (tertiary/aromatic N) is 1. The Labute approximate surface area is 123 Å². The molecule has 0 saturated carbocycles. The molecule has 5 nitrogen and oxygen atoms in total. The summed E-state index contributed by atoms with van der Waals surface area (Å²) in [6.07, 6.45) is -0.124. The summed E-state index contributed by atoms with van der Waals surface area (Å²) < 4.78 is 5.70. The van der Waals surface area contributed by atoms with Crippen molar-refractivity contribution in [2.75, 3.05) is 0 Å². The van der Waals surface area contributed by atoms with Crippen molar-refractivity contribution in [3.05, 3.63) is 63.7 Å². The van der Waals surface area contributed by atoms with E-state index < -0.39 is 11.0 Å². The topological polar surface area (TPSA) is 72.6 Å². The van der Waals surface area contributed by atoms with Crippen LogP contribution in [-0.2, 0) is 0 Å². The van der Waals surface area contributed by atoms with Gasteiger partial charge in [0.15, 0.2) is 0 Å². The van der Waals surface area contributed by atoms with Crippen LogP contribution in [0.15, 0.2) is 42.5 Å². The fraction of sp³-hybridized carbons (Fsp3) is 0.250. The number of nitro groups is 1. The number of ether oxygens (including phenoxy) is 1. The maximum absolute atomic E-state index is 11.2. The Morgan fingerprint density at radius 3 is 2.52 bits per heavy atom. The van der Waals surface area contributed by atoms with Gasteiger partial charge in [0.05, 0.1) is 11.0 Å². The quantitative estimate of drug-likeness (QED) is 0.662. The molecule has 0 aliphatic carbocycles. The van der Waals surface area contributed by atoms with Crippen LogP contribution < -0.4 is 4.74 Å². The van der Waals surface area contributed by atoms with Gasteiger partial charge in [0.2, 0.25) is 5.75 Å². The number of hydrogen-bond acceptors (Lipinski definition) is 4. The van der Waals surface area contributed by atoms with Crippen LogP contribution in [0.1, 0.15) is 30.6 Å². The van der Waals surface area contributed by atoms with Crippen LogP contribution in [0.3, 0.4) is 0 Å². The van der Waals surface area contributed by atoms with E-state index in [4.69, 9.17) is 4.74 Å². The molecule has 1 N–H and O–H groups in total. The molecule has 0 aliphatic heterocycles. The van der Waals surface area contributed by atoms with Crippen molar-refractivity contribution in [3.63, 3.8) is 0 Å². The van der Waals surface area contributed by atoms with Crippen molar-refractivity contribution in [2.45, 2.75) is 26.4 Å². The summed E-state index contributed by atoms with van der Waals surface area (Å²) in [5.41, 5.74) is 1.10. The third kappa shape index (κ3) is 3.20. The van der Waals surface area contributed by atoms with Crippen molar-refractivity contribution < 1.29 is 14.8 Å². The molecular weight excluding hydrogens is 270 g/mol. The molecule has 0 amide bonds. The normalized spacial score (nSPS) is 12.0. The standard InChI is InChI=1S/C16H17NO4/c1-3-13(18)12-8-4-5-9-14(12)21-15-10-6-7-11(2)16(15)17(19)20/h4-10,13,18H,3H2,1-2H3/t13-/m1/s1. The molecule has 110 valence electrons. The van der Waals surface area contributed by atoms with Crippen LogP contribution in [0.25, 0.3) is 0 Å². The lowest BCUT2D eigenvalue weighted by Gasteiger charge is -2.15. The Hall–Kier alpha value is -2.40. The van der Waals surface area contributed by atoms with E-state index in [9.17, 15) is 15.2 Å². The number of benzene rings is 2. The van der Waals surface area contributed by atoms with Crippen molar-refractivity contribution in [3.8, 4) is 11.5 Å². The molecule has 0 fully saturated rings. The number of aryl methyl sites for hydroxylation is 1. The molecule has 0 aliphatic rings. The molecule has 2 aromatic carbocycles. The third-order valence-corrected chi connectivity index (χ3v) is 3.27. The van der Waals surface area contributed by atoms with Crippen molar-refractivity contribution in [2.24, 2.45) is 0 Å². The summed E-state index contributed by atoms with van der Waals surface area (Å²) in [4.78, 5) is 10.7. The summed E-state index contributed by atoms with van der Waals surface area (Å²) in [6.45, 7) is 3.52. The van der Waals surface area contributed by atoms with Crippen molar-refractivity contribution in [1.29, 1.82) is 0 Å². The van der Waals surface area contributed by atoms with E-state index in [0.29, 0.717) is 23.3 Å². The third-order valence-electron chi connectivity index (χ3n) is 3.27. The van der Waals surface area contributed by atoms with Gasteiger partial charge in [0.25, 0.3) is 0 Å². The second-order valence-electron chi connectivity index (χ2n) is 4.74. The van der Waals surface area contributed by atoms with Gasteiger partial charge in [0, 0.05) is 11.1 Å². The van der Waals surface area contributed by atoms with E-state index in [1.165, 1.54) is 0 Å². The Morgan fingerprint density at radius 1 is 1.19 bits per heavy atom. The molecule has 0 heterocycles. The van der Waals surface area contributed by atoms with Crippen molar-refractivity contribution in [1.82, 2.24) is 0 Å². The Bertz CT molecular complexity index is 654. The van der Waals surface area contributed by atoms with Crippen LogP contribution in [-0.4, -0.2) is 10.0 Å². The number of para-hydroxylation sites is 2. The predicted molar refractivity (Wildman–Crippen MR) is 79.6 cm³/mol. The lowest BCUT2D eigenvalue weighted by Crippen LogP contribution is -2.00. The molecule has 21 heavy (non-hydrogen) atoms. The number of hydrogen-bond donors (Lipinski definition) is 1. The highest BCUT2D eigenvalue weighted by Crippen LogP contribution is 2.36. The van der Waals surface area contributed by atoms with E-state index in [-0.39, 0.29) is 11.4 Å². The molecule has 1 atom stereocenters. The van der Waals surface area contributed by atoms with Gasteiger partial charge in [-0.15, -0.1) is 0 Å². The molecule has 5 heteroatoms. The molecule has 0 saturated heterocycles. The number of rotatable bonds is 5. The van der Waals surface area contributed by atoms with Gasteiger partial charge in [-0.1, -0.05) is 37.3 Å². The molecule has 0 unspecified atom stereocenters. The summed E-state index contributed by atoms with van der Waals surface area (Å²) in [5.74, 6) is 0.608. The summed E-state index contributed by atoms with van der Waals surface area (Å²) in [5, 5.41) is 21.2. The second-order valence-corrected chi connectivity index (χ2v) is 4.74. The van der Waals surface area contributed by atoms with Gasteiger partial charge in [-0.2, -0.15) is 0 Å². The monoisotopic (exact) mass is 287 g/mol. The van der Waals surface area contributed by atoms with E-state index in [2.05, 4.69) is 0 Å². The molecule has 2 rings (SSSR count). The molecule has 0 radical (unpaired) electrons. The van der Waals surface area contributed by atoms with Crippen molar-refractivity contribution >= 4 is 5.69 Å². The maximum Gasteiger partial charge on any atom is 0.314 e. The molecule has 2 aromatic rings. The lowest BCUT2D eigenvalue weighted by atomic mass is 10.1. The first-order chi connectivity index (χ1) is 10.0. The zero-order valence-corrected chi connectivity index (χ0v) is 11.9. The number of nitro benzene ring substituents is 1. The molecule has 0 spiro atoms. The molecule has 0 bridgehead atoms. The minimum absolute atomic E-state index is 0.0571. The lowest BCUT2D eigenvalue weighted by molar-refractivity contribution is -0.386. The first-order valence-electron chi connectivity index (χ1n) is 6.73. The predicted octanol–water partition coefficient (Wildman–Crippen LogP) is 4.14. The first kappa shape index (κ1) is 15.0. The molecule has 0 aromatic heterocycles. The smallest absolute Gasteiger partial charge is 0.314 e. The van der Waals surface area contributed by atoms with Gasteiger partial charge in [0.1, 0.15) is 5.75 Å². The average molecular weight is 287 g/mol. The van der Waals surface area contributed by atoms with Gasteiger partial charge in [-0.05, 0) is 25.5 Å². The number of aliphatic hydroxyl groups excluding tert-OH is 1. The summed E-state index contributed by atoms with van der Waals surface area (Å²) >= 11 is 0. The van der Waals surface area contributed by atoms with E-state index in [1.54, 1.807) is 49.4 Å². The van der Waals surface area contributed by atoms with Crippen LogP contribution in [0.2, 0.25) is 0 Å². The van der Waals surface area contributed by atoms with Crippen LogP contribution >= 0.6 is 0 Å². The van der Waals surface area contributed by atoms with Gasteiger partial charge in [-0.25, -0.2) is 0 Å². The fourth-order valence-corrected chi connectivity index (χ4v) is 2.14. The highest BCUT2D eigenvalue weighted by Gasteiger charge is 2.20. The molecular formula is C16H17NO4. The second kappa shape index (κ2) is 6.37. The minimum atomic E-state index is -0.662. The van der Waals surface area contributed by atoms with Gasteiger partial charge in [-0.3, -0.25) is 10.1 Å². The largest absolute Gasteiger partial charge is 0.450 e. The van der Waals surface area contributed by atoms with E-state index in [1.807, 2.05) is 6.92 Å². The summed E-state index contributed by atoms with van der Waals surface area (Å²) in [6, 6.07) is 11.9. The van der Waals surface area contributed by atoms with E-state index >= 15 is 0 Å². The van der Waals surface area contributed by atoms with Crippen LogP contribution in [0.5, 0.6) is 11.5 Å². The maximum atomic E-state index is 11.2. The highest BCUT2D eigenvalue weighted by molar-refractivity contribution is 5.54. The fourth-order valence-electron chi connectivity index (χ4n) is 2.14.